The third kappa shape index (κ3) is 2.86. The van der Waals surface area contributed by atoms with E-state index >= 15 is 0 Å². The third-order valence-electron chi connectivity index (χ3n) is 2.99. The normalized spacial score (nSPS) is 12.4. The molecule has 0 aliphatic rings. The van der Waals surface area contributed by atoms with E-state index in [0.717, 1.165) is 30.1 Å². The molecule has 7 nitrogen and oxygen atoms in total. The second-order valence-electron chi connectivity index (χ2n) is 4.40. The molecule has 0 aromatic carbocycles. The van der Waals surface area contributed by atoms with Crippen molar-refractivity contribution in [1.29, 1.82) is 0 Å². The zero-order valence-electron chi connectivity index (χ0n) is 11.8. The highest BCUT2D eigenvalue weighted by molar-refractivity contribution is 5.28. The topological polar surface area (TPSA) is 81.4 Å². The van der Waals surface area contributed by atoms with Crippen molar-refractivity contribution >= 4 is 5.95 Å². The van der Waals surface area contributed by atoms with Crippen LogP contribution in [0.1, 0.15) is 44.0 Å². The van der Waals surface area contributed by atoms with Gasteiger partial charge in [-0.3, -0.25) is 0 Å². The van der Waals surface area contributed by atoms with Gasteiger partial charge < -0.3 is 9.88 Å². The average Bonchev–Trinajstić information content (AvgIpc) is 2.85. The van der Waals surface area contributed by atoms with Gasteiger partial charge in [0.05, 0.1) is 17.4 Å². The van der Waals surface area contributed by atoms with E-state index in [1.54, 1.807) is 6.33 Å². The molecule has 0 aliphatic carbocycles. The third-order valence-corrected chi connectivity index (χ3v) is 2.99. The van der Waals surface area contributed by atoms with Crippen molar-refractivity contribution in [3.05, 3.63) is 23.5 Å². The van der Waals surface area contributed by atoms with Gasteiger partial charge in [0.15, 0.2) is 5.82 Å². The van der Waals surface area contributed by atoms with E-state index in [2.05, 4.69) is 44.5 Å². The number of aryl methyl sites for hydroxylation is 3. The van der Waals surface area contributed by atoms with Crippen molar-refractivity contribution in [2.45, 2.75) is 39.7 Å². The predicted molar refractivity (Wildman–Crippen MR) is 71.6 cm³/mol. The Balaban J connectivity index is 2.17. The molecule has 2 aromatic rings. The monoisotopic (exact) mass is 261 g/mol. The maximum absolute atomic E-state index is 4.50. The first-order valence-corrected chi connectivity index (χ1v) is 6.48. The van der Waals surface area contributed by atoms with Crippen LogP contribution in [-0.4, -0.2) is 29.9 Å². The maximum atomic E-state index is 4.50. The second kappa shape index (κ2) is 5.73. The Bertz CT molecular complexity index is 549. The summed E-state index contributed by atoms with van der Waals surface area (Å²) in [6.45, 7) is 6.12. The van der Waals surface area contributed by atoms with Gasteiger partial charge in [-0.1, -0.05) is 13.8 Å². The predicted octanol–water partition coefficient (Wildman–Crippen LogP) is 1.30. The highest BCUT2D eigenvalue weighted by Crippen LogP contribution is 2.14. The number of nitrogens with zero attached hydrogens (tertiary/aromatic N) is 6. The molecule has 0 fully saturated rings. The molecule has 0 bridgehead atoms. The van der Waals surface area contributed by atoms with Crippen LogP contribution < -0.4 is 5.32 Å². The molecule has 102 valence electrons. The molecule has 0 saturated heterocycles. The van der Waals surface area contributed by atoms with E-state index in [-0.39, 0.29) is 6.04 Å². The number of rotatable bonds is 5. The van der Waals surface area contributed by atoms with E-state index in [1.165, 1.54) is 0 Å². The highest BCUT2D eigenvalue weighted by atomic mass is 15.3. The number of nitrogens with one attached hydrogen (secondary N) is 1. The standard InChI is InChI=1S/C12H19N7/c1-5-9-10(6-2)16-18-12(15-9)14-8(3)11-17-13-7-19(11)4/h7-8H,5-6H2,1-4H3,(H,14,15,18). The molecule has 2 aromatic heterocycles. The van der Waals surface area contributed by atoms with E-state index in [9.17, 15) is 0 Å². The molecule has 7 heteroatoms. The van der Waals surface area contributed by atoms with Crippen LogP contribution in [0.2, 0.25) is 0 Å². The van der Waals surface area contributed by atoms with E-state index < -0.39 is 0 Å². The largest absolute Gasteiger partial charge is 0.343 e. The van der Waals surface area contributed by atoms with Crippen molar-refractivity contribution in [2.75, 3.05) is 5.32 Å². The first kappa shape index (κ1) is 13.4. The highest BCUT2D eigenvalue weighted by Gasteiger charge is 2.13. The minimum absolute atomic E-state index is 0.0218. The van der Waals surface area contributed by atoms with Gasteiger partial charge in [0.2, 0.25) is 5.95 Å². The van der Waals surface area contributed by atoms with Crippen molar-refractivity contribution in [2.24, 2.45) is 7.05 Å². The number of aromatic nitrogens is 6. The fourth-order valence-corrected chi connectivity index (χ4v) is 1.94. The summed E-state index contributed by atoms with van der Waals surface area (Å²) in [6, 6.07) is -0.0218. The van der Waals surface area contributed by atoms with Gasteiger partial charge in [0.1, 0.15) is 6.33 Å². The van der Waals surface area contributed by atoms with Crippen molar-refractivity contribution in [3.8, 4) is 0 Å². The Morgan fingerprint density at radius 2 is 1.89 bits per heavy atom. The maximum Gasteiger partial charge on any atom is 0.243 e. The lowest BCUT2D eigenvalue weighted by Crippen LogP contribution is -2.15. The Morgan fingerprint density at radius 3 is 2.47 bits per heavy atom. The molecular formula is C12H19N7. The van der Waals surface area contributed by atoms with Crippen LogP contribution in [-0.2, 0) is 19.9 Å². The second-order valence-corrected chi connectivity index (χ2v) is 4.40. The molecule has 0 amide bonds. The summed E-state index contributed by atoms with van der Waals surface area (Å²) in [7, 11) is 1.91. The zero-order valence-corrected chi connectivity index (χ0v) is 11.8. The number of hydrogen-bond acceptors (Lipinski definition) is 6. The summed E-state index contributed by atoms with van der Waals surface area (Å²) in [5.74, 6) is 1.37. The van der Waals surface area contributed by atoms with Crippen LogP contribution in [0.25, 0.3) is 0 Å². The lowest BCUT2D eigenvalue weighted by molar-refractivity contribution is 0.703. The molecule has 0 saturated carbocycles. The van der Waals surface area contributed by atoms with E-state index in [4.69, 9.17) is 0 Å². The summed E-state index contributed by atoms with van der Waals surface area (Å²) in [5.41, 5.74) is 1.95. The average molecular weight is 261 g/mol. The van der Waals surface area contributed by atoms with Gasteiger partial charge in [-0.25, -0.2) is 4.98 Å². The van der Waals surface area contributed by atoms with Crippen LogP contribution in [0.5, 0.6) is 0 Å². The fourth-order valence-electron chi connectivity index (χ4n) is 1.94. The Morgan fingerprint density at radius 1 is 1.16 bits per heavy atom. The molecular weight excluding hydrogens is 242 g/mol. The van der Waals surface area contributed by atoms with E-state index in [0.29, 0.717) is 5.95 Å². The zero-order chi connectivity index (χ0) is 13.8. The Kier molecular flexibility index (Phi) is 4.03. The molecule has 0 radical (unpaired) electrons. The summed E-state index contributed by atoms with van der Waals surface area (Å²) in [6.07, 6.45) is 3.37. The van der Waals surface area contributed by atoms with Gasteiger partial charge in [0, 0.05) is 7.05 Å². The molecule has 19 heavy (non-hydrogen) atoms. The van der Waals surface area contributed by atoms with Gasteiger partial charge in [-0.15, -0.1) is 15.3 Å². The van der Waals surface area contributed by atoms with Crippen molar-refractivity contribution in [3.63, 3.8) is 0 Å². The minimum atomic E-state index is -0.0218. The SMILES string of the molecule is CCc1nnc(NC(C)c2nncn2C)nc1CC. The number of hydrogen-bond donors (Lipinski definition) is 1. The first-order valence-electron chi connectivity index (χ1n) is 6.48. The number of anilines is 1. The van der Waals surface area contributed by atoms with E-state index in [1.807, 2.05) is 18.5 Å². The van der Waals surface area contributed by atoms with Crippen molar-refractivity contribution < 1.29 is 0 Å². The van der Waals surface area contributed by atoms with Gasteiger partial charge >= 0.3 is 0 Å². The molecule has 0 spiro atoms. The smallest absolute Gasteiger partial charge is 0.243 e. The van der Waals surface area contributed by atoms with Crippen LogP contribution in [0.3, 0.4) is 0 Å². The Labute approximate surface area is 112 Å². The molecule has 1 unspecified atom stereocenters. The minimum Gasteiger partial charge on any atom is -0.343 e. The van der Waals surface area contributed by atoms with Crippen molar-refractivity contribution in [1.82, 2.24) is 29.9 Å². The lowest BCUT2D eigenvalue weighted by Gasteiger charge is -2.13. The van der Waals surface area contributed by atoms with Gasteiger partial charge in [-0.2, -0.15) is 5.10 Å². The molecule has 0 aliphatic heterocycles. The van der Waals surface area contributed by atoms with Crippen LogP contribution in [0, 0.1) is 0 Å². The quantitative estimate of drug-likeness (QED) is 0.873. The lowest BCUT2D eigenvalue weighted by atomic mass is 10.2. The first-order chi connectivity index (χ1) is 9.15. The van der Waals surface area contributed by atoms with Crippen LogP contribution >= 0.6 is 0 Å². The fraction of sp³-hybridized carbons (Fsp3) is 0.583. The van der Waals surface area contributed by atoms with Gasteiger partial charge in [0.25, 0.3) is 0 Å². The van der Waals surface area contributed by atoms with Crippen LogP contribution in [0.15, 0.2) is 6.33 Å². The summed E-state index contributed by atoms with van der Waals surface area (Å²) >= 11 is 0. The summed E-state index contributed by atoms with van der Waals surface area (Å²) < 4.78 is 1.87. The molecule has 2 heterocycles. The van der Waals surface area contributed by atoms with Crippen LogP contribution in [0.4, 0.5) is 5.95 Å². The summed E-state index contributed by atoms with van der Waals surface area (Å²) in [4.78, 5) is 4.50. The van der Waals surface area contributed by atoms with Gasteiger partial charge in [-0.05, 0) is 19.8 Å². The molecule has 1 N–H and O–H groups in total. The molecule has 1 atom stereocenters. The molecule has 2 rings (SSSR count). The summed E-state index contributed by atoms with van der Waals surface area (Å²) in [5, 5.41) is 19.4. The Hall–Kier alpha value is -2.05.